The van der Waals surface area contributed by atoms with E-state index in [0.29, 0.717) is 19.4 Å². The van der Waals surface area contributed by atoms with Crippen LogP contribution in [0.5, 0.6) is 0 Å². The Balaban J connectivity index is 2.13. The van der Waals surface area contributed by atoms with E-state index < -0.39 is 5.60 Å². The number of hydrogen-bond acceptors (Lipinski definition) is 3. The predicted molar refractivity (Wildman–Crippen MR) is 74.9 cm³/mol. The van der Waals surface area contributed by atoms with Crippen molar-refractivity contribution >= 4 is 10.9 Å². The molecule has 1 unspecified atom stereocenters. The Morgan fingerprint density at radius 3 is 2.79 bits per heavy atom. The molecule has 3 nitrogen and oxygen atoms in total. The molecule has 0 bridgehead atoms. The van der Waals surface area contributed by atoms with Gasteiger partial charge in [-0.1, -0.05) is 24.3 Å². The van der Waals surface area contributed by atoms with Gasteiger partial charge in [0.2, 0.25) is 0 Å². The van der Waals surface area contributed by atoms with Crippen LogP contribution in [0.25, 0.3) is 10.9 Å². The van der Waals surface area contributed by atoms with Crippen molar-refractivity contribution in [3.63, 3.8) is 0 Å². The normalized spacial score (nSPS) is 26.5. The number of fused-ring (bicyclic) bond motifs is 1. The number of rotatable bonds is 1. The number of hydrogen-bond donors (Lipinski definition) is 1. The average Bonchev–Trinajstić information content (AvgIpc) is 2.36. The Hall–Kier alpha value is -1.45. The number of nitrogens with zero attached hydrogens (tertiary/aromatic N) is 1. The van der Waals surface area contributed by atoms with Gasteiger partial charge in [-0.15, -0.1) is 0 Å². The number of ether oxygens (including phenoxy) is 1. The van der Waals surface area contributed by atoms with Crippen LogP contribution in [-0.4, -0.2) is 22.3 Å². The predicted octanol–water partition coefficient (Wildman–Crippen LogP) is 3.01. The van der Waals surface area contributed by atoms with Gasteiger partial charge in [0.25, 0.3) is 0 Å². The second-order valence-corrected chi connectivity index (χ2v) is 5.95. The summed E-state index contributed by atoms with van der Waals surface area (Å²) in [5.74, 6) is 0. The molecule has 1 N–H and O–H groups in total. The maximum absolute atomic E-state index is 11.1. The molecule has 3 rings (SSSR count). The first-order valence-corrected chi connectivity index (χ1v) is 6.71. The zero-order valence-corrected chi connectivity index (χ0v) is 11.4. The quantitative estimate of drug-likeness (QED) is 0.854. The zero-order valence-electron chi connectivity index (χ0n) is 11.4. The van der Waals surface area contributed by atoms with Crippen LogP contribution < -0.4 is 0 Å². The summed E-state index contributed by atoms with van der Waals surface area (Å²) >= 11 is 0. The summed E-state index contributed by atoms with van der Waals surface area (Å²) in [6.45, 7) is 4.62. The van der Waals surface area contributed by atoms with Crippen molar-refractivity contribution in [2.45, 2.75) is 37.9 Å². The fourth-order valence-electron chi connectivity index (χ4n) is 3.05. The van der Waals surface area contributed by atoms with E-state index in [1.165, 1.54) is 0 Å². The fraction of sp³-hybridized carbons (Fsp3) is 0.438. The van der Waals surface area contributed by atoms with Crippen molar-refractivity contribution in [3.8, 4) is 0 Å². The topological polar surface area (TPSA) is 42.4 Å². The SMILES string of the molecule is CC1(C)CC(O)(c2cccc3cccnc23)CCO1. The molecule has 0 amide bonds. The van der Waals surface area contributed by atoms with Gasteiger partial charge < -0.3 is 9.84 Å². The van der Waals surface area contributed by atoms with Crippen LogP contribution in [0.4, 0.5) is 0 Å². The summed E-state index contributed by atoms with van der Waals surface area (Å²) in [7, 11) is 0. The van der Waals surface area contributed by atoms with E-state index in [0.717, 1.165) is 16.5 Å². The molecule has 0 spiro atoms. The van der Waals surface area contributed by atoms with Gasteiger partial charge in [-0.2, -0.15) is 0 Å². The van der Waals surface area contributed by atoms with Gasteiger partial charge in [0.1, 0.15) is 0 Å². The Labute approximate surface area is 113 Å². The molecule has 1 aromatic carbocycles. The standard InChI is InChI=1S/C16H19NO2/c1-15(2)11-16(18,8-10-19-15)13-7-3-5-12-6-4-9-17-14(12)13/h3-7,9,18H,8,10-11H2,1-2H3. The van der Waals surface area contributed by atoms with Gasteiger partial charge in [-0.25, -0.2) is 0 Å². The molecule has 2 heterocycles. The van der Waals surface area contributed by atoms with Gasteiger partial charge in [0, 0.05) is 30.0 Å². The number of pyridine rings is 1. The molecule has 1 fully saturated rings. The van der Waals surface area contributed by atoms with E-state index in [4.69, 9.17) is 4.74 Å². The molecule has 1 aliphatic heterocycles. The van der Waals surface area contributed by atoms with Crippen LogP contribution in [0, 0.1) is 0 Å². The van der Waals surface area contributed by atoms with Crippen molar-refractivity contribution in [1.29, 1.82) is 0 Å². The second kappa shape index (κ2) is 4.29. The van der Waals surface area contributed by atoms with Gasteiger partial charge >= 0.3 is 0 Å². The van der Waals surface area contributed by atoms with Crippen molar-refractivity contribution in [3.05, 3.63) is 42.1 Å². The van der Waals surface area contributed by atoms with E-state index in [2.05, 4.69) is 4.98 Å². The molecule has 1 saturated heterocycles. The molecule has 0 radical (unpaired) electrons. The maximum atomic E-state index is 11.1. The third-order valence-corrected chi connectivity index (χ3v) is 3.86. The minimum absolute atomic E-state index is 0.302. The van der Waals surface area contributed by atoms with Crippen LogP contribution in [0.3, 0.4) is 0 Å². The number of para-hydroxylation sites is 1. The van der Waals surface area contributed by atoms with Crippen LogP contribution in [0.15, 0.2) is 36.5 Å². The second-order valence-electron chi connectivity index (χ2n) is 5.95. The number of aromatic nitrogens is 1. The lowest BCUT2D eigenvalue weighted by atomic mass is 9.78. The first kappa shape index (κ1) is 12.6. The van der Waals surface area contributed by atoms with Gasteiger partial charge in [0.15, 0.2) is 0 Å². The first-order chi connectivity index (χ1) is 9.00. The fourth-order valence-corrected chi connectivity index (χ4v) is 3.05. The third-order valence-electron chi connectivity index (χ3n) is 3.86. The Kier molecular flexibility index (Phi) is 2.84. The zero-order chi connectivity index (χ0) is 13.5. The smallest absolute Gasteiger partial charge is 0.0966 e. The molecule has 1 aliphatic rings. The van der Waals surface area contributed by atoms with E-state index in [1.54, 1.807) is 6.20 Å². The molecule has 100 valence electrons. The Bertz CT molecular complexity index is 603. The summed E-state index contributed by atoms with van der Waals surface area (Å²) in [5.41, 5.74) is 0.659. The van der Waals surface area contributed by atoms with Crippen LogP contribution in [0.2, 0.25) is 0 Å². The van der Waals surface area contributed by atoms with Gasteiger partial charge in [-0.05, 0) is 19.9 Å². The molecule has 3 heteroatoms. The average molecular weight is 257 g/mol. The van der Waals surface area contributed by atoms with Crippen molar-refractivity contribution in [2.75, 3.05) is 6.61 Å². The molecule has 2 aromatic rings. The van der Waals surface area contributed by atoms with Crippen LogP contribution in [-0.2, 0) is 10.3 Å². The third kappa shape index (κ3) is 2.24. The van der Waals surface area contributed by atoms with Gasteiger partial charge in [-0.3, -0.25) is 4.98 Å². The summed E-state index contributed by atoms with van der Waals surface area (Å²) in [5, 5.41) is 12.1. The van der Waals surface area contributed by atoms with Crippen molar-refractivity contribution < 1.29 is 9.84 Å². The molecule has 1 atom stereocenters. The maximum Gasteiger partial charge on any atom is 0.0966 e. The van der Waals surface area contributed by atoms with Gasteiger partial charge in [0.05, 0.1) is 23.3 Å². The highest BCUT2D eigenvalue weighted by Gasteiger charge is 2.41. The Morgan fingerprint density at radius 1 is 1.21 bits per heavy atom. The summed E-state index contributed by atoms with van der Waals surface area (Å²) in [4.78, 5) is 4.45. The summed E-state index contributed by atoms with van der Waals surface area (Å²) in [6.07, 6.45) is 2.99. The lowest BCUT2D eigenvalue weighted by Gasteiger charge is -2.42. The first-order valence-electron chi connectivity index (χ1n) is 6.71. The number of benzene rings is 1. The van der Waals surface area contributed by atoms with Crippen molar-refractivity contribution in [2.24, 2.45) is 0 Å². The number of aliphatic hydroxyl groups is 1. The minimum atomic E-state index is -0.852. The van der Waals surface area contributed by atoms with E-state index in [-0.39, 0.29) is 5.60 Å². The van der Waals surface area contributed by atoms with Crippen LogP contribution in [0.1, 0.15) is 32.3 Å². The largest absolute Gasteiger partial charge is 0.385 e. The molecule has 19 heavy (non-hydrogen) atoms. The Morgan fingerprint density at radius 2 is 2.00 bits per heavy atom. The molecular weight excluding hydrogens is 238 g/mol. The molecular formula is C16H19NO2. The van der Waals surface area contributed by atoms with Crippen molar-refractivity contribution in [1.82, 2.24) is 4.98 Å². The monoisotopic (exact) mass is 257 g/mol. The van der Waals surface area contributed by atoms with E-state index in [9.17, 15) is 5.11 Å². The molecule has 0 saturated carbocycles. The summed E-state index contributed by atoms with van der Waals surface area (Å²) < 4.78 is 5.71. The van der Waals surface area contributed by atoms with Crippen LogP contribution >= 0.6 is 0 Å². The highest BCUT2D eigenvalue weighted by Crippen LogP contribution is 2.41. The lowest BCUT2D eigenvalue weighted by Crippen LogP contribution is -2.44. The highest BCUT2D eigenvalue weighted by atomic mass is 16.5. The summed E-state index contributed by atoms with van der Waals surface area (Å²) in [6, 6.07) is 9.94. The highest BCUT2D eigenvalue weighted by molar-refractivity contribution is 5.82. The van der Waals surface area contributed by atoms with E-state index >= 15 is 0 Å². The lowest BCUT2D eigenvalue weighted by molar-refractivity contribution is -0.147. The molecule has 0 aliphatic carbocycles. The molecule has 1 aromatic heterocycles. The van der Waals surface area contributed by atoms with E-state index in [1.807, 2.05) is 44.2 Å². The minimum Gasteiger partial charge on any atom is -0.385 e.